The summed E-state index contributed by atoms with van der Waals surface area (Å²) in [6.45, 7) is 25.3. The van der Waals surface area contributed by atoms with Gasteiger partial charge in [0.15, 0.2) is 0 Å². The largest absolute Gasteiger partial charge is 0.0620 e. The van der Waals surface area contributed by atoms with Gasteiger partial charge in [0.2, 0.25) is 0 Å². The SMILES string of the molecule is CC1C(C)C(C(C)(C)C2C(C)C(C)C(C)[C@@H]2C)[C@H](C)C1C. The Balaban J connectivity index is 2.34. The first-order valence-corrected chi connectivity index (χ1v) is 9.53. The molecular weight excluding hydrogens is 252 g/mol. The van der Waals surface area contributed by atoms with Crippen LogP contribution < -0.4 is 0 Å². The summed E-state index contributed by atoms with van der Waals surface area (Å²) in [5.74, 6) is 8.77. The van der Waals surface area contributed by atoms with Gasteiger partial charge in [-0.3, -0.25) is 0 Å². The monoisotopic (exact) mass is 292 g/mol. The van der Waals surface area contributed by atoms with Crippen LogP contribution in [0.2, 0.25) is 0 Å². The Morgan fingerprint density at radius 1 is 0.381 bits per heavy atom. The molecular formula is C21H40. The van der Waals surface area contributed by atoms with Gasteiger partial charge in [-0.2, -0.15) is 0 Å². The van der Waals surface area contributed by atoms with Crippen LogP contribution in [0.1, 0.15) is 69.2 Å². The molecule has 2 fully saturated rings. The van der Waals surface area contributed by atoms with E-state index >= 15 is 0 Å². The van der Waals surface area contributed by atoms with Gasteiger partial charge in [0.05, 0.1) is 0 Å². The van der Waals surface area contributed by atoms with Gasteiger partial charge in [-0.05, 0) is 64.6 Å². The Hall–Kier alpha value is 0. The topological polar surface area (TPSA) is 0 Å². The molecule has 2 rings (SSSR count). The first-order chi connectivity index (χ1) is 9.53. The quantitative estimate of drug-likeness (QED) is 0.555. The molecule has 0 saturated heterocycles. The molecule has 0 spiro atoms. The second kappa shape index (κ2) is 5.57. The minimum atomic E-state index is 0.468. The normalized spacial score (nSPS) is 55.1. The summed E-state index contributed by atoms with van der Waals surface area (Å²) in [5, 5.41) is 0. The zero-order valence-corrected chi connectivity index (χ0v) is 16.3. The maximum Gasteiger partial charge on any atom is -0.0287 e. The van der Waals surface area contributed by atoms with Crippen molar-refractivity contribution >= 4 is 0 Å². The summed E-state index contributed by atoms with van der Waals surface area (Å²) < 4.78 is 0. The summed E-state index contributed by atoms with van der Waals surface area (Å²) in [6.07, 6.45) is 0. The molecule has 8 unspecified atom stereocenters. The van der Waals surface area contributed by atoms with Crippen molar-refractivity contribution in [3.8, 4) is 0 Å². The van der Waals surface area contributed by atoms with Crippen LogP contribution in [0.4, 0.5) is 0 Å². The third-order valence-corrected chi connectivity index (χ3v) is 8.96. The summed E-state index contributed by atoms with van der Waals surface area (Å²) >= 11 is 0. The molecule has 0 bridgehead atoms. The number of hydrogen-bond donors (Lipinski definition) is 0. The smallest absolute Gasteiger partial charge is 0.0287 e. The Labute approximate surface area is 134 Å². The van der Waals surface area contributed by atoms with E-state index in [0.717, 1.165) is 59.2 Å². The molecule has 0 amide bonds. The highest BCUT2D eigenvalue weighted by molar-refractivity contribution is 5.04. The molecule has 0 heterocycles. The Bertz CT molecular complexity index is 306. The van der Waals surface area contributed by atoms with Gasteiger partial charge in [0.1, 0.15) is 0 Å². The van der Waals surface area contributed by atoms with Crippen LogP contribution in [0.15, 0.2) is 0 Å². The Morgan fingerprint density at radius 2 is 0.571 bits per heavy atom. The molecule has 0 nitrogen and oxygen atoms in total. The van der Waals surface area contributed by atoms with Crippen LogP contribution in [0.25, 0.3) is 0 Å². The fourth-order valence-electron chi connectivity index (χ4n) is 7.11. The zero-order chi connectivity index (χ0) is 16.3. The van der Waals surface area contributed by atoms with Crippen molar-refractivity contribution in [3.63, 3.8) is 0 Å². The van der Waals surface area contributed by atoms with Gasteiger partial charge >= 0.3 is 0 Å². The van der Waals surface area contributed by atoms with Gasteiger partial charge in [-0.25, -0.2) is 0 Å². The van der Waals surface area contributed by atoms with E-state index in [1.54, 1.807) is 0 Å². The second-order valence-corrected chi connectivity index (χ2v) is 9.75. The number of rotatable bonds is 2. The van der Waals surface area contributed by atoms with E-state index in [2.05, 4.69) is 69.2 Å². The molecule has 0 heteroatoms. The van der Waals surface area contributed by atoms with Crippen molar-refractivity contribution in [2.45, 2.75) is 69.2 Å². The predicted molar refractivity (Wildman–Crippen MR) is 94.1 cm³/mol. The molecule has 0 radical (unpaired) electrons. The lowest BCUT2D eigenvalue weighted by Gasteiger charge is -2.46. The molecule has 124 valence electrons. The summed E-state index contributed by atoms with van der Waals surface area (Å²) in [6, 6.07) is 0. The Morgan fingerprint density at radius 3 is 0.762 bits per heavy atom. The molecule has 2 saturated carbocycles. The van der Waals surface area contributed by atoms with Crippen molar-refractivity contribution in [2.75, 3.05) is 0 Å². The Kier molecular flexibility index (Phi) is 4.60. The second-order valence-electron chi connectivity index (χ2n) is 9.75. The lowest BCUT2D eigenvalue weighted by Crippen LogP contribution is -2.41. The minimum absolute atomic E-state index is 0.468. The lowest BCUT2D eigenvalue weighted by atomic mass is 9.58. The third kappa shape index (κ3) is 2.40. The number of hydrogen-bond acceptors (Lipinski definition) is 0. The van der Waals surface area contributed by atoms with Crippen LogP contribution >= 0.6 is 0 Å². The van der Waals surface area contributed by atoms with E-state index in [4.69, 9.17) is 0 Å². The van der Waals surface area contributed by atoms with Crippen molar-refractivity contribution in [2.24, 2.45) is 64.6 Å². The maximum atomic E-state index is 2.61. The summed E-state index contributed by atoms with van der Waals surface area (Å²) in [4.78, 5) is 0. The molecule has 21 heavy (non-hydrogen) atoms. The summed E-state index contributed by atoms with van der Waals surface area (Å²) in [7, 11) is 0. The van der Waals surface area contributed by atoms with Gasteiger partial charge in [0, 0.05) is 0 Å². The van der Waals surface area contributed by atoms with Crippen molar-refractivity contribution < 1.29 is 0 Å². The van der Waals surface area contributed by atoms with E-state index in [1.807, 2.05) is 0 Å². The van der Waals surface area contributed by atoms with Crippen molar-refractivity contribution in [3.05, 3.63) is 0 Å². The van der Waals surface area contributed by atoms with Crippen molar-refractivity contribution in [1.82, 2.24) is 0 Å². The first kappa shape index (κ1) is 17.4. The maximum absolute atomic E-state index is 2.61. The zero-order valence-electron chi connectivity index (χ0n) is 16.3. The fourth-order valence-corrected chi connectivity index (χ4v) is 7.11. The van der Waals surface area contributed by atoms with Gasteiger partial charge < -0.3 is 0 Å². The average Bonchev–Trinajstić information content (AvgIpc) is 2.72. The molecule has 0 N–H and O–H groups in total. The minimum Gasteiger partial charge on any atom is -0.0620 e. The van der Waals surface area contributed by atoms with E-state index in [0.29, 0.717) is 5.41 Å². The third-order valence-electron chi connectivity index (χ3n) is 8.96. The van der Waals surface area contributed by atoms with E-state index < -0.39 is 0 Å². The lowest BCUT2D eigenvalue weighted by molar-refractivity contribution is 0.0137. The molecule has 10 atom stereocenters. The molecule has 0 aromatic heterocycles. The molecule has 2 aliphatic carbocycles. The highest BCUT2D eigenvalue weighted by atomic mass is 14.6. The molecule has 0 aliphatic heterocycles. The first-order valence-electron chi connectivity index (χ1n) is 9.53. The fraction of sp³-hybridized carbons (Fsp3) is 1.00. The van der Waals surface area contributed by atoms with Crippen LogP contribution in [0.5, 0.6) is 0 Å². The van der Waals surface area contributed by atoms with E-state index in [1.165, 1.54) is 0 Å². The van der Waals surface area contributed by atoms with Crippen molar-refractivity contribution in [1.29, 1.82) is 0 Å². The van der Waals surface area contributed by atoms with Crippen LogP contribution in [0, 0.1) is 64.6 Å². The van der Waals surface area contributed by atoms with Gasteiger partial charge in [-0.15, -0.1) is 0 Å². The molecule has 0 aromatic carbocycles. The highest BCUT2D eigenvalue weighted by Crippen LogP contribution is 2.61. The summed E-state index contributed by atoms with van der Waals surface area (Å²) in [5.41, 5.74) is 0.468. The standard InChI is InChI=1S/C21H40/c1-11-12(2)16(6)19(15(11)5)21(9,10)20-17(7)13(3)14(4)18(20)8/h11-20H,1-10H3/t11?,12?,13?,14?,15-,16?,17+,18?,19?,20?. The highest BCUT2D eigenvalue weighted by Gasteiger charge is 2.56. The van der Waals surface area contributed by atoms with Gasteiger partial charge in [-0.1, -0.05) is 69.2 Å². The van der Waals surface area contributed by atoms with Crippen LogP contribution in [-0.4, -0.2) is 0 Å². The predicted octanol–water partition coefficient (Wildman–Crippen LogP) is 6.36. The van der Waals surface area contributed by atoms with E-state index in [-0.39, 0.29) is 0 Å². The molecule has 0 aromatic rings. The average molecular weight is 293 g/mol. The van der Waals surface area contributed by atoms with Gasteiger partial charge in [0.25, 0.3) is 0 Å². The van der Waals surface area contributed by atoms with E-state index in [9.17, 15) is 0 Å². The van der Waals surface area contributed by atoms with Crippen LogP contribution in [0.3, 0.4) is 0 Å². The van der Waals surface area contributed by atoms with Crippen LogP contribution in [-0.2, 0) is 0 Å². The molecule has 2 aliphatic rings.